The maximum absolute atomic E-state index is 11.8. The van der Waals surface area contributed by atoms with Gasteiger partial charge in [-0.15, -0.1) is 0 Å². The largest absolute Gasteiger partial charge is 0.275 e. The fraction of sp³-hybridized carbons (Fsp3) is 0.444. The van der Waals surface area contributed by atoms with Gasteiger partial charge in [0, 0.05) is 7.05 Å². The quantitative estimate of drug-likeness (QED) is 0.520. The van der Waals surface area contributed by atoms with Gasteiger partial charge in [0.25, 0.3) is 5.56 Å². The lowest BCUT2D eigenvalue weighted by atomic mass is 10.3. The highest BCUT2D eigenvalue weighted by Crippen LogP contribution is 1.85. The van der Waals surface area contributed by atoms with Crippen molar-refractivity contribution in [3.8, 4) is 0 Å². The Kier molecular flexibility index (Phi) is 1.87. The van der Waals surface area contributed by atoms with E-state index >= 15 is 0 Å². The van der Waals surface area contributed by atoms with Crippen LogP contribution in [-0.4, -0.2) is 15.7 Å². The number of nitrogens with zero attached hydrogens (tertiary/aromatic N) is 4. The Morgan fingerprint density at radius 2 is 2.21 bits per heavy atom. The molecular weight excluding hydrogens is 180 g/mol. The molecule has 0 spiro atoms. The summed E-state index contributed by atoms with van der Waals surface area (Å²) in [6, 6.07) is 0. The molecule has 74 valence electrons. The van der Waals surface area contributed by atoms with Crippen molar-refractivity contribution >= 4 is 11.9 Å². The Morgan fingerprint density at radius 3 is 2.86 bits per heavy atom. The Bertz CT molecular complexity index is 569. The summed E-state index contributed by atoms with van der Waals surface area (Å²) < 4.78 is 3.32. The summed E-state index contributed by atoms with van der Waals surface area (Å²) >= 11 is 0. The van der Waals surface area contributed by atoms with E-state index in [1.807, 2.05) is 13.8 Å². The van der Waals surface area contributed by atoms with Gasteiger partial charge in [0.15, 0.2) is 5.49 Å². The molecule has 1 aliphatic heterocycles. The SMILES string of the molecule is CC(C)=c1c(=O)n(C)n2c1=NC=NC2. The van der Waals surface area contributed by atoms with E-state index in [1.165, 1.54) is 6.34 Å². The van der Waals surface area contributed by atoms with Gasteiger partial charge in [0.2, 0.25) is 0 Å². The van der Waals surface area contributed by atoms with Gasteiger partial charge in [0.05, 0.1) is 5.22 Å². The Morgan fingerprint density at radius 1 is 1.50 bits per heavy atom. The second-order valence-corrected chi connectivity index (χ2v) is 3.50. The lowest BCUT2D eigenvalue weighted by molar-refractivity contribution is 0.489. The van der Waals surface area contributed by atoms with E-state index < -0.39 is 0 Å². The molecule has 14 heavy (non-hydrogen) atoms. The molecule has 0 amide bonds. The summed E-state index contributed by atoms with van der Waals surface area (Å²) in [7, 11) is 1.73. The zero-order chi connectivity index (χ0) is 10.3. The summed E-state index contributed by atoms with van der Waals surface area (Å²) in [5, 5.41) is 0.693. The highest BCUT2D eigenvalue weighted by molar-refractivity contribution is 5.56. The summed E-state index contributed by atoms with van der Waals surface area (Å²) in [4.78, 5) is 19.9. The summed E-state index contributed by atoms with van der Waals surface area (Å²) in [5.74, 6) is 0. The molecule has 1 aromatic rings. The minimum absolute atomic E-state index is 0.00532. The van der Waals surface area contributed by atoms with Gasteiger partial charge in [0.1, 0.15) is 13.0 Å². The normalized spacial score (nSPS) is 13.6. The highest BCUT2D eigenvalue weighted by Gasteiger charge is 2.09. The van der Waals surface area contributed by atoms with E-state index in [1.54, 1.807) is 16.4 Å². The predicted molar refractivity (Wildman–Crippen MR) is 53.7 cm³/mol. The molecule has 0 aromatic carbocycles. The number of aromatic nitrogens is 2. The molecule has 0 radical (unpaired) electrons. The molecule has 0 aliphatic carbocycles. The van der Waals surface area contributed by atoms with E-state index in [0.29, 0.717) is 17.4 Å². The molecule has 0 fully saturated rings. The standard InChI is InChI=1S/C9H12N4O/c1-6(2)7-8-11-4-10-5-13(8)12(3)9(7)14/h4H,5H2,1-3H3. The molecule has 5 nitrogen and oxygen atoms in total. The molecule has 1 aromatic heterocycles. The van der Waals surface area contributed by atoms with Crippen LogP contribution < -0.4 is 16.3 Å². The minimum Gasteiger partial charge on any atom is -0.267 e. The van der Waals surface area contributed by atoms with E-state index in [0.717, 1.165) is 5.57 Å². The first kappa shape index (κ1) is 8.93. The van der Waals surface area contributed by atoms with Crippen LogP contribution in [0.15, 0.2) is 14.8 Å². The molecule has 2 rings (SSSR count). The molecule has 5 heteroatoms. The monoisotopic (exact) mass is 192 g/mol. The van der Waals surface area contributed by atoms with Gasteiger partial charge in [-0.3, -0.25) is 4.79 Å². The maximum Gasteiger partial charge on any atom is 0.275 e. The Hall–Kier alpha value is -1.65. The fourth-order valence-corrected chi connectivity index (χ4v) is 1.58. The van der Waals surface area contributed by atoms with Crippen LogP contribution in [0.3, 0.4) is 0 Å². The lowest BCUT2D eigenvalue weighted by Crippen LogP contribution is -2.37. The summed E-state index contributed by atoms with van der Waals surface area (Å²) in [6.45, 7) is 4.30. The van der Waals surface area contributed by atoms with Crippen molar-refractivity contribution in [3.05, 3.63) is 21.1 Å². The predicted octanol–water partition coefficient (Wildman–Crippen LogP) is -1.00. The van der Waals surface area contributed by atoms with Gasteiger partial charge in [-0.1, -0.05) is 5.57 Å². The molecule has 0 atom stereocenters. The van der Waals surface area contributed by atoms with Crippen LogP contribution in [0, 0.1) is 0 Å². The molecular formula is C9H12N4O. The summed E-state index contributed by atoms with van der Waals surface area (Å²) in [5.41, 5.74) is 1.69. The fourth-order valence-electron chi connectivity index (χ4n) is 1.58. The second-order valence-electron chi connectivity index (χ2n) is 3.50. The van der Waals surface area contributed by atoms with E-state index in [-0.39, 0.29) is 5.56 Å². The van der Waals surface area contributed by atoms with Crippen molar-refractivity contribution in [1.29, 1.82) is 0 Å². The average molecular weight is 192 g/mol. The van der Waals surface area contributed by atoms with E-state index in [9.17, 15) is 4.79 Å². The zero-order valence-electron chi connectivity index (χ0n) is 8.48. The molecule has 0 saturated carbocycles. The van der Waals surface area contributed by atoms with Gasteiger partial charge in [-0.2, -0.15) is 0 Å². The molecule has 1 aliphatic rings. The first-order chi connectivity index (χ1) is 6.63. The molecule has 0 N–H and O–H groups in total. The van der Waals surface area contributed by atoms with Crippen LogP contribution in [0.25, 0.3) is 5.57 Å². The van der Waals surface area contributed by atoms with Crippen LogP contribution in [0.4, 0.5) is 0 Å². The molecule has 0 saturated heterocycles. The number of fused-ring (bicyclic) bond motifs is 1. The van der Waals surface area contributed by atoms with Gasteiger partial charge in [-0.05, 0) is 13.8 Å². The lowest BCUT2D eigenvalue weighted by Gasteiger charge is -2.04. The smallest absolute Gasteiger partial charge is 0.267 e. The van der Waals surface area contributed by atoms with Crippen LogP contribution in [0.2, 0.25) is 0 Å². The van der Waals surface area contributed by atoms with Gasteiger partial charge in [-0.25, -0.2) is 19.3 Å². The van der Waals surface area contributed by atoms with Crippen molar-refractivity contribution in [2.75, 3.05) is 0 Å². The van der Waals surface area contributed by atoms with Crippen LogP contribution in [-0.2, 0) is 13.7 Å². The van der Waals surface area contributed by atoms with Crippen LogP contribution in [0.5, 0.6) is 0 Å². The van der Waals surface area contributed by atoms with Crippen molar-refractivity contribution in [2.24, 2.45) is 17.0 Å². The zero-order valence-corrected chi connectivity index (χ0v) is 8.48. The third-order valence-corrected chi connectivity index (χ3v) is 2.32. The van der Waals surface area contributed by atoms with E-state index in [4.69, 9.17) is 0 Å². The number of rotatable bonds is 0. The third-order valence-electron chi connectivity index (χ3n) is 2.32. The number of hydrogen-bond acceptors (Lipinski definition) is 3. The topological polar surface area (TPSA) is 51.6 Å². The minimum atomic E-state index is -0.00532. The van der Waals surface area contributed by atoms with Crippen molar-refractivity contribution in [1.82, 2.24) is 9.36 Å². The van der Waals surface area contributed by atoms with Crippen molar-refractivity contribution in [3.63, 3.8) is 0 Å². The van der Waals surface area contributed by atoms with Crippen LogP contribution >= 0.6 is 0 Å². The number of aliphatic imine (C=N–C) groups is 1. The maximum atomic E-state index is 11.8. The van der Waals surface area contributed by atoms with Gasteiger partial charge < -0.3 is 0 Å². The molecule has 0 unspecified atom stereocenters. The molecule has 2 heterocycles. The van der Waals surface area contributed by atoms with Crippen molar-refractivity contribution in [2.45, 2.75) is 20.5 Å². The highest BCUT2D eigenvalue weighted by atomic mass is 16.1. The van der Waals surface area contributed by atoms with Gasteiger partial charge >= 0.3 is 0 Å². The first-order valence-electron chi connectivity index (χ1n) is 4.42. The second kappa shape index (κ2) is 2.94. The third kappa shape index (κ3) is 1.05. The van der Waals surface area contributed by atoms with Crippen LogP contribution in [0.1, 0.15) is 13.8 Å². The molecule has 0 bridgehead atoms. The summed E-state index contributed by atoms with van der Waals surface area (Å²) in [6.07, 6.45) is 1.50. The first-order valence-corrected chi connectivity index (χ1v) is 4.42. The number of hydrogen-bond donors (Lipinski definition) is 0. The Labute approximate surface area is 80.7 Å². The Balaban J connectivity index is 3.09. The van der Waals surface area contributed by atoms with Crippen molar-refractivity contribution < 1.29 is 0 Å². The average Bonchev–Trinajstić information content (AvgIpc) is 2.41. The van der Waals surface area contributed by atoms with E-state index in [2.05, 4.69) is 9.98 Å².